The van der Waals surface area contributed by atoms with Gasteiger partial charge in [-0.2, -0.15) is 0 Å². The van der Waals surface area contributed by atoms with Crippen molar-refractivity contribution in [3.63, 3.8) is 0 Å². The van der Waals surface area contributed by atoms with E-state index in [4.69, 9.17) is 11.6 Å². The maximum absolute atomic E-state index is 13.0. The summed E-state index contributed by atoms with van der Waals surface area (Å²) in [5, 5.41) is 3.16. The highest BCUT2D eigenvalue weighted by molar-refractivity contribution is 7.92. The van der Waals surface area contributed by atoms with Crippen molar-refractivity contribution in [2.75, 3.05) is 27.3 Å². The molecule has 0 spiro atoms. The average molecular weight is 450 g/mol. The highest BCUT2D eigenvalue weighted by Crippen LogP contribution is 2.27. The molecular formula is C21H24ClN3O4S. The lowest BCUT2D eigenvalue weighted by Crippen LogP contribution is -2.47. The van der Waals surface area contributed by atoms with E-state index >= 15 is 0 Å². The highest BCUT2D eigenvalue weighted by Gasteiger charge is 2.31. The Bertz CT molecular complexity index is 1040. The number of hydrogen-bond acceptors (Lipinski definition) is 4. The van der Waals surface area contributed by atoms with Crippen LogP contribution in [0.3, 0.4) is 0 Å². The summed E-state index contributed by atoms with van der Waals surface area (Å²) >= 11 is 6.03. The lowest BCUT2D eigenvalue weighted by atomic mass is 10.1. The zero-order chi connectivity index (χ0) is 21.9. The summed E-state index contributed by atoms with van der Waals surface area (Å²) in [6.45, 7) is 2.43. The molecule has 0 aromatic heterocycles. The number of nitrogens with one attached hydrogen (secondary N) is 1. The maximum atomic E-state index is 13.0. The van der Waals surface area contributed by atoms with Crippen molar-refractivity contribution in [3.05, 3.63) is 53.6 Å². The molecule has 0 bridgehead atoms. The third-order valence-corrected chi connectivity index (χ3v) is 6.33. The summed E-state index contributed by atoms with van der Waals surface area (Å²) in [5.41, 5.74) is 1.63. The Morgan fingerprint density at radius 3 is 2.47 bits per heavy atom. The highest BCUT2D eigenvalue weighted by atomic mass is 35.5. The van der Waals surface area contributed by atoms with Crippen LogP contribution in [0.5, 0.6) is 0 Å². The Labute approximate surface area is 181 Å². The van der Waals surface area contributed by atoms with Crippen LogP contribution in [-0.2, 0) is 19.6 Å². The molecule has 1 fully saturated rings. The minimum absolute atomic E-state index is 0.0862. The fourth-order valence-corrected chi connectivity index (χ4v) is 4.93. The van der Waals surface area contributed by atoms with Crippen molar-refractivity contribution < 1.29 is 18.0 Å². The van der Waals surface area contributed by atoms with Crippen LogP contribution in [0, 0.1) is 0 Å². The number of halogens is 1. The monoisotopic (exact) mass is 449 g/mol. The molecule has 9 heteroatoms. The van der Waals surface area contributed by atoms with Crippen LogP contribution < -0.4 is 14.5 Å². The van der Waals surface area contributed by atoms with Crippen LogP contribution in [0.2, 0.25) is 5.02 Å². The van der Waals surface area contributed by atoms with Crippen LogP contribution in [0.15, 0.2) is 48.5 Å². The van der Waals surface area contributed by atoms with Gasteiger partial charge in [-0.1, -0.05) is 24.6 Å². The molecule has 1 atom stereocenters. The topological polar surface area (TPSA) is 86.8 Å². The first-order valence-corrected chi connectivity index (χ1v) is 11.9. The second-order valence-corrected chi connectivity index (χ2v) is 9.44. The van der Waals surface area contributed by atoms with Gasteiger partial charge in [-0.05, 0) is 55.3 Å². The molecule has 30 heavy (non-hydrogen) atoms. The van der Waals surface area contributed by atoms with Gasteiger partial charge in [-0.15, -0.1) is 0 Å². The SMILES string of the molecule is CC[C@@H](C(=O)Nc1ccc(N2CCCC2=O)cc1)N(c1cccc(Cl)c1)S(C)(=O)=O. The molecule has 0 unspecified atom stereocenters. The minimum Gasteiger partial charge on any atom is -0.324 e. The molecule has 160 valence electrons. The molecule has 7 nitrogen and oxygen atoms in total. The van der Waals surface area contributed by atoms with Gasteiger partial charge < -0.3 is 10.2 Å². The lowest BCUT2D eigenvalue weighted by molar-refractivity contribution is -0.118. The number of nitrogens with zero attached hydrogens (tertiary/aromatic N) is 2. The van der Waals surface area contributed by atoms with E-state index in [2.05, 4.69) is 5.32 Å². The van der Waals surface area contributed by atoms with Gasteiger partial charge in [0.2, 0.25) is 21.8 Å². The van der Waals surface area contributed by atoms with Crippen molar-refractivity contribution >= 4 is 50.5 Å². The van der Waals surface area contributed by atoms with E-state index in [9.17, 15) is 18.0 Å². The van der Waals surface area contributed by atoms with Crippen LogP contribution in [-0.4, -0.2) is 39.1 Å². The van der Waals surface area contributed by atoms with Gasteiger partial charge in [0.05, 0.1) is 11.9 Å². The molecule has 1 aliphatic heterocycles. The van der Waals surface area contributed by atoms with E-state index in [0.29, 0.717) is 29.4 Å². The summed E-state index contributed by atoms with van der Waals surface area (Å²) in [4.78, 5) is 26.6. The molecule has 0 radical (unpaired) electrons. The first-order chi connectivity index (χ1) is 14.2. The Kier molecular flexibility index (Phi) is 6.67. The Morgan fingerprint density at radius 2 is 1.93 bits per heavy atom. The first-order valence-electron chi connectivity index (χ1n) is 9.67. The van der Waals surface area contributed by atoms with Gasteiger partial charge in [0, 0.05) is 29.4 Å². The third-order valence-electron chi connectivity index (χ3n) is 4.91. The van der Waals surface area contributed by atoms with Crippen LogP contribution in [0.1, 0.15) is 26.2 Å². The molecule has 1 N–H and O–H groups in total. The predicted molar refractivity (Wildman–Crippen MR) is 120 cm³/mol. The van der Waals surface area contributed by atoms with Crippen LogP contribution >= 0.6 is 11.6 Å². The van der Waals surface area contributed by atoms with E-state index in [0.717, 1.165) is 22.7 Å². The van der Waals surface area contributed by atoms with Crippen molar-refractivity contribution in [2.24, 2.45) is 0 Å². The summed E-state index contributed by atoms with van der Waals surface area (Å²) < 4.78 is 26.1. The quantitative estimate of drug-likeness (QED) is 0.698. The molecule has 1 saturated heterocycles. The van der Waals surface area contributed by atoms with Crippen LogP contribution in [0.4, 0.5) is 17.1 Å². The molecule has 2 aromatic carbocycles. The van der Waals surface area contributed by atoms with Gasteiger partial charge in [-0.3, -0.25) is 13.9 Å². The molecule has 3 rings (SSSR count). The van der Waals surface area contributed by atoms with Gasteiger partial charge >= 0.3 is 0 Å². The van der Waals surface area contributed by atoms with Crippen molar-refractivity contribution in [2.45, 2.75) is 32.2 Å². The van der Waals surface area contributed by atoms with Gasteiger partial charge in [0.1, 0.15) is 6.04 Å². The summed E-state index contributed by atoms with van der Waals surface area (Å²) in [7, 11) is -3.74. The van der Waals surface area contributed by atoms with Crippen LogP contribution in [0.25, 0.3) is 0 Å². The van der Waals surface area contributed by atoms with Crippen molar-refractivity contribution in [1.29, 1.82) is 0 Å². The average Bonchev–Trinajstić information content (AvgIpc) is 3.11. The number of carbonyl (C=O) groups is 2. The van der Waals surface area contributed by atoms with E-state index in [1.54, 1.807) is 54.3 Å². The second-order valence-electron chi connectivity index (χ2n) is 7.15. The fourth-order valence-electron chi connectivity index (χ4n) is 3.54. The van der Waals surface area contributed by atoms with E-state index in [-0.39, 0.29) is 12.3 Å². The molecular weight excluding hydrogens is 426 g/mol. The van der Waals surface area contributed by atoms with E-state index in [1.807, 2.05) is 0 Å². The zero-order valence-electron chi connectivity index (χ0n) is 16.8. The van der Waals surface area contributed by atoms with E-state index in [1.165, 1.54) is 6.07 Å². The largest absolute Gasteiger partial charge is 0.324 e. The van der Waals surface area contributed by atoms with E-state index < -0.39 is 22.0 Å². The van der Waals surface area contributed by atoms with Gasteiger partial charge in [0.25, 0.3) is 0 Å². The normalized spacial score (nSPS) is 15.2. The zero-order valence-corrected chi connectivity index (χ0v) is 18.4. The minimum atomic E-state index is -3.74. The molecule has 2 amide bonds. The van der Waals surface area contributed by atoms with Crippen molar-refractivity contribution in [3.8, 4) is 0 Å². The molecule has 0 saturated carbocycles. The molecule has 2 aromatic rings. The maximum Gasteiger partial charge on any atom is 0.248 e. The smallest absolute Gasteiger partial charge is 0.248 e. The van der Waals surface area contributed by atoms with Crippen molar-refractivity contribution in [1.82, 2.24) is 0 Å². The molecule has 1 aliphatic rings. The fraction of sp³-hybridized carbons (Fsp3) is 0.333. The number of benzene rings is 2. The summed E-state index contributed by atoms with van der Waals surface area (Å²) in [6, 6.07) is 12.4. The second kappa shape index (κ2) is 9.06. The number of sulfonamides is 1. The third kappa shape index (κ3) is 4.94. The summed E-state index contributed by atoms with van der Waals surface area (Å²) in [6.07, 6.45) is 2.71. The Balaban J connectivity index is 1.81. The Morgan fingerprint density at radius 1 is 1.23 bits per heavy atom. The number of hydrogen-bond donors (Lipinski definition) is 1. The number of amides is 2. The first kappa shape index (κ1) is 22.1. The van der Waals surface area contributed by atoms with Gasteiger partial charge in [-0.25, -0.2) is 8.42 Å². The Hall–Kier alpha value is -2.58. The number of rotatable bonds is 7. The standard InChI is InChI=1S/C21H24ClN3O4S/c1-3-19(25(30(2,28)29)18-7-4-6-15(22)14-18)21(27)23-16-9-11-17(12-10-16)24-13-5-8-20(24)26/h4,6-7,9-12,14,19H,3,5,8,13H2,1-2H3,(H,23,27)/t19-/m0/s1. The van der Waals surface area contributed by atoms with Gasteiger partial charge in [0.15, 0.2) is 0 Å². The molecule has 1 heterocycles. The number of carbonyl (C=O) groups excluding carboxylic acids is 2. The lowest BCUT2D eigenvalue weighted by Gasteiger charge is -2.30. The predicted octanol–water partition coefficient (Wildman–Crippen LogP) is 3.65. The number of anilines is 3. The summed E-state index contributed by atoms with van der Waals surface area (Å²) in [5.74, 6) is -0.365. The molecule has 0 aliphatic carbocycles.